The van der Waals surface area contributed by atoms with Gasteiger partial charge in [0, 0.05) is 16.8 Å². The third kappa shape index (κ3) is 5.12. The maximum atomic E-state index is 13.4. The Morgan fingerprint density at radius 3 is 2.16 bits per heavy atom. The van der Waals surface area contributed by atoms with Crippen LogP contribution in [0, 0.1) is 5.82 Å². The van der Waals surface area contributed by atoms with Gasteiger partial charge in [-0.2, -0.15) is 0 Å². The predicted molar refractivity (Wildman–Crippen MR) is 122 cm³/mol. The van der Waals surface area contributed by atoms with Gasteiger partial charge in [0.25, 0.3) is 0 Å². The van der Waals surface area contributed by atoms with Crippen LogP contribution in [0.4, 0.5) is 4.39 Å². The lowest BCUT2D eigenvalue weighted by Crippen LogP contribution is -1.96. The minimum absolute atomic E-state index is 0.237. The maximum Gasteiger partial charge on any atom is 0.175 e. The van der Waals surface area contributed by atoms with Crippen LogP contribution < -0.4 is 4.74 Å². The Hall–Kier alpha value is -2.74. The number of ether oxygens (including phenoxy) is 1. The number of hydrogen-bond acceptors (Lipinski definition) is 5. The third-order valence-electron chi connectivity index (χ3n) is 4.51. The number of halogens is 2. The highest BCUT2D eigenvalue weighted by molar-refractivity contribution is 7.90. The van der Waals surface area contributed by atoms with E-state index in [-0.39, 0.29) is 17.3 Å². The summed E-state index contributed by atoms with van der Waals surface area (Å²) < 4.78 is 42.8. The lowest BCUT2D eigenvalue weighted by atomic mass is 10.1. The highest BCUT2D eigenvalue weighted by atomic mass is 35.5. The van der Waals surface area contributed by atoms with Crippen molar-refractivity contribution in [3.8, 4) is 27.4 Å². The molecule has 0 unspecified atom stereocenters. The van der Waals surface area contributed by atoms with E-state index in [1.807, 2.05) is 0 Å². The molecule has 1 aromatic heterocycles. The summed E-state index contributed by atoms with van der Waals surface area (Å²) in [6, 6.07) is 19.8. The molecule has 0 fully saturated rings. The van der Waals surface area contributed by atoms with Crippen molar-refractivity contribution in [3.63, 3.8) is 0 Å². The third-order valence-corrected chi connectivity index (χ3v) is 6.97. The largest absolute Gasteiger partial charge is 0.486 e. The Kier molecular flexibility index (Phi) is 6.09. The lowest BCUT2D eigenvalue weighted by molar-refractivity contribution is 0.305. The van der Waals surface area contributed by atoms with Crippen LogP contribution in [0.1, 0.15) is 5.01 Å². The summed E-state index contributed by atoms with van der Waals surface area (Å²) in [6.45, 7) is 0.252. The van der Waals surface area contributed by atoms with E-state index in [2.05, 4.69) is 0 Å². The normalized spacial score (nSPS) is 11.5. The molecule has 4 rings (SSSR count). The molecule has 0 aliphatic heterocycles. The van der Waals surface area contributed by atoms with Crippen molar-refractivity contribution in [1.82, 2.24) is 4.98 Å². The van der Waals surface area contributed by atoms with E-state index in [1.165, 1.54) is 29.7 Å². The average Bonchev–Trinajstić information content (AvgIpc) is 3.18. The number of rotatable bonds is 6. The number of benzene rings is 3. The van der Waals surface area contributed by atoms with E-state index in [9.17, 15) is 12.8 Å². The van der Waals surface area contributed by atoms with Gasteiger partial charge in [-0.15, -0.1) is 11.3 Å². The van der Waals surface area contributed by atoms with Crippen molar-refractivity contribution in [3.05, 3.63) is 88.6 Å². The molecular formula is C23H17ClFNO3S2. The quantitative estimate of drug-likeness (QED) is 0.332. The summed E-state index contributed by atoms with van der Waals surface area (Å²) in [7, 11) is -3.29. The first-order valence-electron chi connectivity index (χ1n) is 9.24. The second-order valence-corrected chi connectivity index (χ2v) is 10.4. The molecule has 0 bridgehead atoms. The van der Waals surface area contributed by atoms with Crippen LogP contribution in [-0.2, 0) is 16.4 Å². The van der Waals surface area contributed by atoms with E-state index >= 15 is 0 Å². The first kappa shape index (κ1) is 21.5. The van der Waals surface area contributed by atoms with Gasteiger partial charge in [0.2, 0.25) is 0 Å². The molecule has 158 valence electrons. The molecule has 0 aliphatic carbocycles. The van der Waals surface area contributed by atoms with Gasteiger partial charge in [0.1, 0.15) is 23.2 Å². The van der Waals surface area contributed by atoms with Crippen LogP contribution >= 0.6 is 22.9 Å². The van der Waals surface area contributed by atoms with E-state index in [1.54, 1.807) is 60.7 Å². The van der Waals surface area contributed by atoms with Crippen LogP contribution in [0.5, 0.6) is 5.75 Å². The van der Waals surface area contributed by atoms with Crippen LogP contribution in [0.15, 0.2) is 77.7 Å². The lowest BCUT2D eigenvalue weighted by Gasteiger charge is -2.04. The van der Waals surface area contributed by atoms with Crippen molar-refractivity contribution < 1.29 is 17.5 Å². The zero-order valence-electron chi connectivity index (χ0n) is 16.4. The topological polar surface area (TPSA) is 56.3 Å². The zero-order chi connectivity index (χ0) is 22.0. The minimum atomic E-state index is -3.29. The first-order valence-corrected chi connectivity index (χ1v) is 12.3. The summed E-state index contributed by atoms with van der Waals surface area (Å²) in [5, 5.41) is 1.36. The zero-order valence-corrected chi connectivity index (χ0v) is 18.8. The molecule has 0 spiro atoms. The number of hydrogen-bond donors (Lipinski definition) is 0. The molecule has 0 saturated carbocycles. The van der Waals surface area contributed by atoms with Gasteiger partial charge in [-0.05, 0) is 54.1 Å². The molecule has 0 aliphatic rings. The molecule has 1 heterocycles. The fraction of sp³-hybridized carbons (Fsp3) is 0.0870. The van der Waals surface area contributed by atoms with Crippen molar-refractivity contribution in [2.75, 3.05) is 6.26 Å². The maximum absolute atomic E-state index is 13.4. The molecule has 0 atom stereocenters. The van der Waals surface area contributed by atoms with Crippen LogP contribution in [0.2, 0.25) is 5.02 Å². The Morgan fingerprint density at radius 1 is 0.935 bits per heavy atom. The summed E-state index contributed by atoms with van der Waals surface area (Å²) in [4.78, 5) is 5.81. The number of nitrogens with zero attached hydrogens (tertiary/aromatic N) is 1. The molecule has 4 nitrogen and oxygen atoms in total. The van der Waals surface area contributed by atoms with Gasteiger partial charge in [0.05, 0.1) is 15.5 Å². The molecular weight excluding hydrogens is 457 g/mol. The highest BCUT2D eigenvalue weighted by Crippen LogP contribution is 2.37. The molecule has 0 radical (unpaired) electrons. The van der Waals surface area contributed by atoms with Gasteiger partial charge < -0.3 is 4.74 Å². The highest BCUT2D eigenvalue weighted by Gasteiger charge is 2.17. The van der Waals surface area contributed by atoms with Crippen molar-refractivity contribution in [2.45, 2.75) is 11.5 Å². The molecule has 0 saturated heterocycles. The molecule has 0 N–H and O–H groups in total. The van der Waals surface area contributed by atoms with E-state index in [0.717, 1.165) is 21.0 Å². The summed E-state index contributed by atoms with van der Waals surface area (Å²) in [5.74, 6) is 0.348. The van der Waals surface area contributed by atoms with Crippen LogP contribution in [0.25, 0.3) is 21.7 Å². The number of sulfone groups is 1. The molecule has 0 amide bonds. The Balaban J connectivity index is 1.70. The Labute approximate surface area is 188 Å². The van der Waals surface area contributed by atoms with Crippen LogP contribution in [-0.4, -0.2) is 19.7 Å². The van der Waals surface area contributed by atoms with Gasteiger partial charge in [-0.1, -0.05) is 35.9 Å². The first-order chi connectivity index (χ1) is 14.8. The van der Waals surface area contributed by atoms with Gasteiger partial charge in [-0.3, -0.25) is 0 Å². The van der Waals surface area contributed by atoms with Gasteiger partial charge in [-0.25, -0.2) is 17.8 Å². The summed E-state index contributed by atoms with van der Waals surface area (Å²) in [6.07, 6.45) is 1.17. The summed E-state index contributed by atoms with van der Waals surface area (Å²) >= 11 is 7.35. The van der Waals surface area contributed by atoms with Gasteiger partial charge >= 0.3 is 0 Å². The van der Waals surface area contributed by atoms with Crippen molar-refractivity contribution in [2.24, 2.45) is 0 Å². The fourth-order valence-electron chi connectivity index (χ4n) is 2.95. The monoisotopic (exact) mass is 473 g/mol. The second kappa shape index (κ2) is 8.78. The van der Waals surface area contributed by atoms with E-state index in [0.29, 0.717) is 16.5 Å². The smallest absolute Gasteiger partial charge is 0.175 e. The Bertz CT molecular complexity index is 1300. The Morgan fingerprint density at radius 2 is 1.55 bits per heavy atom. The fourth-order valence-corrected chi connectivity index (χ4v) is 4.72. The standard InChI is InChI=1S/C23H17ClFNO3S2/c1-31(27,28)20-12-4-15(5-13-20)22-23(16-2-8-18(25)9-3-16)30-21(26-22)14-29-19-10-6-17(24)7-11-19/h2-13H,14H2,1H3. The molecule has 3 aromatic carbocycles. The minimum Gasteiger partial charge on any atom is -0.486 e. The van der Waals surface area contributed by atoms with E-state index in [4.69, 9.17) is 21.3 Å². The SMILES string of the molecule is CS(=O)(=O)c1ccc(-c2nc(COc3ccc(Cl)cc3)sc2-c2ccc(F)cc2)cc1. The van der Waals surface area contributed by atoms with Crippen molar-refractivity contribution >= 4 is 32.8 Å². The van der Waals surface area contributed by atoms with E-state index < -0.39 is 9.84 Å². The average molecular weight is 474 g/mol. The van der Waals surface area contributed by atoms with Crippen LogP contribution in [0.3, 0.4) is 0 Å². The molecule has 8 heteroatoms. The predicted octanol–water partition coefficient (Wildman–Crippen LogP) is 6.25. The molecule has 31 heavy (non-hydrogen) atoms. The van der Waals surface area contributed by atoms with Crippen molar-refractivity contribution in [1.29, 1.82) is 0 Å². The molecule has 4 aromatic rings. The second-order valence-electron chi connectivity index (χ2n) is 6.83. The number of aromatic nitrogens is 1. The van der Waals surface area contributed by atoms with Gasteiger partial charge in [0.15, 0.2) is 9.84 Å². The number of thiazole rings is 1. The summed E-state index contributed by atoms with van der Waals surface area (Å²) in [5.41, 5.74) is 2.27.